The smallest absolute Gasteiger partial charge is 0.426 e. The Kier molecular flexibility index (Phi) is 6.95. The van der Waals surface area contributed by atoms with E-state index in [1.165, 1.54) is 0 Å². The third-order valence-corrected chi connectivity index (χ3v) is 2.19. The lowest BCUT2D eigenvalue weighted by Gasteiger charge is -2.05. The lowest BCUT2D eigenvalue weighted by atomic mass is 9.83. The van der Waals surface area contributed by atoms with Crippen LogP contribution in [0.1, 0.15) is 19.3 Å². The summed E-state index contributed by atoms with van der Waals surface area (Å²) >= 11 is 8.80. The number of halogens is 2. The Bertz CT molecular complexity index is 84.0. The molecule has 5 heteroatoms. The van der Waals surface area contributed by atoms with Gasteiger partial charge in [0, 0.05) is 5.33 Å². The first-order chi connectivity index (χ1) is 4.68. The van der Waals surface area contributed by atoms with Crippen molar-refractivity contribution in [3.05, 3.63) is 0 Å². The van der Waals surface area contributed by atoms with E-state index in [4.69, 9.17) is 21.6 Å². The second kappa shape index (κ2) is 6.46. The predicted octanol–water partition coefficient (Wildman–Crippen LogP) is 1.17. The van der Waals surface area contributed by atoms with E-state index >= 15 is 0 Å². The zero-order valence-corrected chi connectivity index (χ0v) is 7.98. The molecule has 0 bridgehead atoms. The highest BCUT2D eigenvalue weighted by molar-refractivity contribution is 9.09. The molecular formula is C5H11BBrClO2. The van der Waals surface area contributed by atoms with Crippen LogP contribution in [0.25, 0.3) is 0 Å². The zero-order chi connectivity index (χ0) is 7.98. The minimum Gasteiger partial charge on any atom is -0.426 e. The molecule has 0 saturated carbocycles. The van der Waals surface area contributed by atoms with Gasteiger partial charge in [0.25, 0.3) is 0 Å². The summed E-state index contributed by atoms with van der Waals surface area (Å²) in [4.78, 5) is 0. The van der Waals surface area contributed by atoms with Gasteiger partial charge in [-0.15, -0.1) is 11.6 Å². The molecule has 10 heavy (non-hydrogen) atoms. The first kappa shape index (κ1) is 10.8. The van der Waals surface area contributed by atoms with Gasteiger partial charge in [-0.05, 0) is 12.8 Å². The molecule has 1 atom stereocenters. The highest BCUT2D eigenvalue weighted by Gasteiger charge is 2.19. The maximum Gasteiger partial charge on any atom is 0.470 e. The van der Waals surface area contributed by atoms with E-state index in [1.807, 2.05) is 0 Å². The molecular weight excluding hydrogens is 218 g/mol. The van der Waals surface area contributed by atoms with Gasteiger partial charge in [-0.2, -0.15) is 0 Å². The fourth-order valence-electron chi connectivity index (χ4n) is 0.583. The Hall–Kier alpha value is 0.755. The normalized spacial score (nSPS) is 13.2. The minimum atomic E-state index is -1.38. The van der Waals surface area contributed by atoms with Crippen molar-refractivity contribution in [3.63, 3.8) is 0 Å². The number of hydrogen-bond acceptors (Lipinski definition) is 2. The second-order valence-electron chi connectivity index (χ2n) is 2.11. The summed E-state index contributed by atoms with van der Waals surface area (Å²) in [6.07, 6.45) is 2.61. The Labute approximate surface area is 74.9 Å². The Morgan fingerprint density at radius 1 is 1.40 bits per heavy atom. The summed E-state index contributed by atoms with van der Waals surface area (Å²) in [5.74, 6) is 0. The molecule has 2 nitrogen and oxygen atoms in total. The average molecular weight is 229 g/mol. The van der Waals surface area contributed by atoms with Crippen LogP contribution >= 0.6 is 27.5 Å². The largest absolute Gasteiger partial charge is 0.470 e. The minimum absolute atomic E-state index is 0.515. The lowest BCUT2D eigenvalue weighted by Crippen LogP contribution is -2.25. The maximum atomic E-state index is 8.53. The molecule has 2 N–H and O–H groups in total. The van der Waals surface area contributed by atoms with Crippen LogP contribution < -0.4 is 0 Å². The summed E-state index contributed by atoms with van der Waals surface area (Å²) in [7, 11) is -1.38. The van der Waals surface area contributed by atoms with Crippen molar-refractivity contribution in [2.45, 2.75) is 24.5 Å². The standard InChI is InChI=1S/C5H11BBrClO2/c7-4-2-1-3-5(8)6(9)10/h5,9-10H,1-4H2. The van der Waals surface area contributed by atoms with E-state index in [-0.39, 0.29) is 0 Å². The van der Waals surface area contributed by atoms with Crippen LogP contribution in [-0.4, -0.2) is 27.8 Å². The van der Waals surface area contributed by atoms with Gasteiger partial charge in [0.15, 0.2) is 0 Å². The van der Waals surface area contributed by atoms with E-state index in [0.717, 1.165) is 18.2 Å². The van der Waals surface area contributed by atoms with Gasteiger partial charge in [-0.3, -0.25) is 0 Å². The van der Waals surface area contributed by atoms with Crippen molar-refractivity contribution in [2.75, 3.05) is 5.33 Å². The Morgan fingerprint density at radius 2 is 2.00 bits per heavy atom. The Balaban J connectivity index is 3.13. The number of alkyl halides is 2. The van der Waals surface area contributed by atoms with Crippen LogP contribution in [0, 0.1) is 0 Å². The summed E-state index contributed by atoms with van der Waals surface area (Å²) in [5, 5.41) is 17.5. The van der Waals surface area contributed by atoms with Gasteiger partial charge in [-0.1, -0.05) is 22.4 Å². The van der Waals surface area contributed by atoms with E-state index in [0.29, 0.717) is 6.42 Å². The summed E-state index contributed by atoms with van der Waals surface area (Å²) in [6, 6.07) is 0. The van der Waals surface area contributed by atoms with Crippen LogP contribution in [-0.2, 0) is 0 Å². The monoisotopic (exact) mass is 228 g/mol. The average Bonchev–Trinajstić information content (AvgIpc) is 1.88. The van der Waals surface area contributed by atoms with Crippen LogP contribution in [0.2, 0.25) is 0 Å². The molecule has 0 spiro atoms. The van der Waals surface area contributed by atoms with Crippen molar-refractivity contribution in [1.82, 2.24) is 0 Å². The molecule has 60 valence electrons. The summed E-state index contributed by atoms with van der Waals surface area (Å²) in [6.45, 7) is 0. The molecule has 1 unspecified atom stereocenters. The fraction of sp³-hybridized carbons (Fsp3) is 1.00. The molecule has 0 aromatic rings. The SMILES string of the molecule is OB(O)C(Cl)CCCCBr. The van der Waals surface area contributed by atoms with Crippen molar-refractivity contribution >= 4 is 34.6 Å². The summed E-state index contributed by atoms with van der Waals surface area (Å²) in [5.41, 5.74) is 0. The molecule has 0 aliphatic heterocycles. The number of unbranched alkanes of at least 4 members (excludes halogenated alkanes) is 1. The lowest BCUT2D eigenvalue weighted by molar-refractivity contribution is 0.397. The van der Waals surface area contributed by atoms with Crippen LogP contribution in [0.3, 0.4) is 0 Å². The highest BCUT2D eigenvalue weighted by Crippen LogP contribution is 2.08. The van der Waals surface area contributed by atoms with E-state index in [1.54, 1.807) is 0 Å². The van der Waals surface area contributed by atoms with Crippen molar-refractivity contribution < 1.29 is 10.0 Å². The molecule has 0 aliphatic carbocycles. The second-order valence-corrected chi connectivity index (χ2v) is 3.47. The van der Waals surface area contributed by atoms with Gasteiger partial charge < -0.3 is 10.0 Å². The van der Waals surface area contributed by atoms with Crippen molar-refractivity contribution in [2.24, 2.45) is 0 Å². The maximum absolute atomic E-state index is 8.53. The quantitative estimate of drug-likeness (QED) is 0.422. The van der Waals surface area contributed by atoms with Crippen molar-refractivity contribution in [1.29, 1.82) is 0 Å². The molecule has 0 aromatic heterocycles. The van der Waals surface area contributed by atoms with E-state index in [2.05, 4.69) is 15.9 Å². The molecule has 0 heterocycles. The zero-order valence-electron chi connectivity index (χ0n) is 5.63. The fourth-order valence-corrected chi connectivity index (χ4v) is 1.13. The van der Waals surface area contributed by atoms with Crippen molar-refractivity contribution in [3.8, 4) is 0 Å². The number of hydrogen-bond donors (Lipinski definition) is 2. The summed E-state index contributed by atoms with van der Waals surface area (Å²) < 4.78 is 0. The first-order valence-electron chi connectivity index (χ1n) is 3.24. The van der Waals surface area contributed by atoms with Gasteiger partial charge in [-0.25, -0.2) is 0 Å². The van der Waals surface area contributed by atoms with E-state index in [9.17, 15) is 0 Å². The third-order valence-electron chi connectivity index (χ3n) is 1.19. The molecule has 0 amide bonds. The predicted molar refractivity (Wildman–Crippen MR) is 47.5 cm³/mol. The topological polar surface area (TPSA) is 40.5 Å². The van der Waals surface area contributed by atoms with Crippen LogP contribution in [0.4, 0.5) is 0 Å². The highest BCUT2D eigenvalue weighted by atomic mass is 79.9. The van der Waals surface area contributed by atoms with E-state index < -0.39 is 12.4 Å². The Morgan fingerprint density at radius 3 is 2.40 bits per heavy atom. The first-order valence-corrected chi connectivity index (χ1v) is 4.80. The molecule has 0 aliphatic rings. The molecule has 0 radical (unpaired) electrons. The van der Waals surface area contributed by atoms with Gasteiger partial charge >= 0.3 is 7.12 Å². The molecule has 0 saturated heterocycles. The molecule has 0 fully saturated rings. The number of rotatable bonds is 5. The van der Waals surface area contributed by atoms with Crippen LogP contribution in [0.5, 0.6) is 0 Å². The van der Waals surface area contributed by atoms with Gasteiger partial charge in [0.05, 0.1) is 5.28 Å². The van der Waals surface area contributed by atoms with Gasteiger partial charge in [0.1, 0.15) is 0 Å². The molecule has 0 rings (SSSR count). The van der Waals surface area contributed by atoms with Gasteiger partial charge in [0.2, 0.25) is 0 Å². The molecule has 0 aromatic carbocycles. The van der Waals surface area contributed by atoms with Crippen LogP contribution in [0.15, 0.2) is 0 Å². The third kappa shape index (κ3) is 5.53.